The Morgan fingerprint density at radius 2 is 1.78 bits per heavy atom. The predicted octanol–water partition coefficient (Wildman–Crippen LogP) is 4.96. The lowest BCUT2D eigenvalue weighted by Crippen LogP contribution is -2.05. The predicted molar refractivity (Wildman–Crippen MR) is 95.5 cm³/mol. The van der Waals surface area contributed by atoms with E-state index in [1.165, 1.54) is 0 Å². The molecule has 114 valence electrons. The van der Waals surface area contributed by atoms with E-state index in [0.29, 0.717) is 10.6 Å². The molecule has 0 radical (unpaired) electrons. The van der Waals surface area contributed by atoms with Crippen molar-refractivity contribution in [1.82, 2.24) is 0 Å². The number of aliphatic imine (C=N–C) groups is 1. The van der Waals surface area contributed by atoms with E-state index >= 15 is 0 Å². The zero-order chi connectivity index (χ0) is 16.2. The summed E-state index contributed by atoms with van der Waals surface area (Å²) in [5.74, 6) is -0.287. The van der Waals surface area contributed by atoms with E-state index in [1.807, 2.05) is 42.5 Å². The molecule has 0 spiro atoms. The minimum atomic E-state index is -0.502. The summed E-state index contributed by atoms with van der Waals surface area (Å²) in [7, 11) is 0. The molecule has 0 bridgehead atoms. The van der Waals surface area contributed by atoms with Gasteiger partial charge < -0.3 is 4.74 Å². The second-order valence-corrected chi connectivity index (χ2v) is 6.08. The number of carbonyl (C=O) groups excluding carboxylic acids is 1. The molecule has 0 amide bonds. The Hall–Kier alpha value is -2.17. The van der Waals surface area contributed by atoms with E-state index in [1.54, 1.807) is 24.3 Å². The van der Waals surface area contributed by atoms with Crippen molar-refractivity contribution in [2.24, 2.45) is 4.99 Å². The van der Waals surface area contributed by atoms with Crippen LogP contribution in [0, 0.1) is 0 Å². The Morgan fingerprint density at radius 3 is 2.52 bits per heavy atom. The number of esters is 1. The molecule has 3 nitrogen and oxygen atoms in total. The van der Waals surface area contributed by atoms with Crippen molar-refractivity contribution in [2.75, 3.05) is 0 Å². The van der Waals surface area contributed by atoms with Crippen LogP contribution < -0.4 is 0 Å². The number of hydrogen-bond donors (Lipinski definition) is 0. The van der Waals surface area contributed by atoms with Gasteiger partial charge in [0.05, 0.1) is 10.6 Å². The van der Waals surface area contributed by atoms with E-state index in [-0.39, 0.29) is 11.6 Å². The molecule has 3 rings (SSSR count). The SMILES string of the molecule is O=C1OC(c2ccccc2Cl)=N/C1=C\C(Br)=C/c1ccccc1. The summed E-state index contributed by atoms with van der Waals surface area (Å²) in [6, 6.07) is 16.8. The first-order valence-corrected chi connectivity index (χ1v) is 8.00. The van der Waals surface area contributed by atoms with Crippen molar-refractivity contribution >= 4 is 45.5 Å². The van der Waals surface area contributed by atoms with Gasteiger partial charge >= 0.3 is 5.97 Å². The van der Waals surface area contributed by atoms with Gasteiger partial charge in [-0.1, -0.05) is 70.0 Å². The number of carbonyl (C=O) groups is 1. The van der Waals surface area contributed by atoms with Crippen LogP contribution in [-0.2, 0) is 9.53 Å². The van der Waals surface area contributed by atoms with Gasteiger partial charge in [0.1, 0.15) is 0 Å². The van der Waals surface area contributed by atoms with Crippen LogP contribution in [0.5, 0.6) is 0 Å². The topological polar surface area (TPSA) is 38.7 Å². The van der Waals surface area contributed by atoms with E-state index in [0.717, 1.165) is 10.0 Å². The van der Waals surface area contributed by atoms with Gasteiger partial charge in [-0.25, -0.2) is 9.79 Å². The van der Waals surface area contributed by atoms with Crippen molar-refractivity contribution in [3.8, 4) is 0 Å². The van der Waals surface area contributed by atoms with Crippen LogP contribution in [0.15, 0.2) is 75.8 Å². The van der Waals surface area contributed by atoms with Crippen LogP contribution in [-0.4, -0.2) is 11.9 Å². The van der Waals surface area contributed by atoms with E-state index in [9.17, 15) is 4.79 Å². The van der Waals surface area contributed by atoms with Gasteiger partial charge in [-0.3, -0.25) is 0 Å². The first-order valence-electron chi connectivity index (χ1n) is 6.83. The van der Waals surface area contributed by atoms with Gasteiger partial charge in [0, 0.05) is 4.48 Å². The first-order chi connectivity index (χ1) is 11.1. The average molecular weight is 389 g/mol. The Balaban J connectivity index is 1.89. The fraction of sp³-hybridized carbons (Fsp3) is 0. The lowest BCUT2D eigenvalue weighted by atomic mass is 10.2. The number of rotatable bonds is 3. The van der Waals surface area contributed by atoms with Gasteiger partial charge in [-0.05, 0) is 29.8 Å². The standard InChI is InChI=1S/C18H11BrClNO2/c19-13(10-12-6-2-1-3-7-12)11-16-18(22)23-17(21-16)14-8-4-5-9-15(14)20/h1-11H/b13-10+,16-11-. The first kappa shape index (κ1) is 15.7. The molecular weight excluding hydrogens is 378 g/mol. The summed E-state index contributed by atoms with van der Waals surface area (Å²) in [4.78, 5) is 16.2. The highest BCUT2D eigenvalue weighted by Gasteiger charge is 2.25. The Bertz CT molecular complexity index is 841. The highest BCUT2D eigenvalue weighted by molar-refractivity contribution is 9.12. The molecule has 0 unspecified atom stereocenters. The minimum Gasteiger partial charge on any atom is -0.402 e. The molecule has 1 heterocycles. The smallest absolute Gasteiger partial charge is 0.363 e. The van der Waals surface area contributed by atoms with Gasteiger partial charge in [-0.2, -0.15) is 0 Å². The highest BCUT2D eigenvalue weighted by Crippen LogP contribution is 2.24. The average Bonchev–Trinajstić information content (AvgIpc) is 2.89. The van der Waals surface area contributed by atoms with Crippen LogP contribution in [0.3, 0.4) is 0 Å². The third-order valence-electron chi connectivity index (χ3n) is 3.10. The number of benzene rings is 2. The summed E-state index contributed by atoms with van der Waals surface area (Å²) in [5, 5.41) is 0.485. The number of ether oxygens (including phenoxy) is 1. The largest absolute Gasteiger partial charge is 0.402 e. The Morgan fingerprint density at radius 1 is 1.09 bits per heavy atom. The molecule has 1 aliphatic heterocycles. The zero-order valence-electron chi connectivity index (χ0n) is 11.9. The van der Waals surface area contributed by atoms with Crippen LogP contribution in [0.4, 0.5) is 0 Å². The second-order valence-electron chi connectivity index (χ2n) is 4.76. The number of hydrogen-bond acceptors (Lipinski definition) is 3. The summed E-state index contributed by atoms with van der Waals surface area (Å²) in [5.41, 5.74) is 1.82. The summed E-state index contributed by atoms with van der Waals surface area (Å²) >= 11 is 9.52. The lowest BCUT2D eigenvalue weighted by Gasteiger charge is -2.00. The summed E-state index contributed by atoms with van der Waals surface area (Å²) < 4.78 is 5.92. The van der Waals surface area contributed by atoms with Gasteiger partial charge in [-0.15, -0.1) is 0 Å². The quantitative estimate of drug-likeness (QED) is 0.550. The molecule has 5 heteroatoms. The lowest BCUT2D eigenvalue weighted by molar-refractivity contribution is -0.130. The fourth-order valence-electron chi connectivity index (χ4n) is 2.04. The monoisotopic (exact) mass is 387 g/mol. The van der Waals surface area contributed by atoms with Crippen LogP contribution >= 0.6 is 27.5 Å². The maximum Gasteiger partial charge on any atom is 0.363 e. The fourth-order valence-corrected chi connectivity index (χ4v) is 2.74. The Labute approximate surface area is 147 Å². The normalized spacial score (nSPS) is 16.4. The maximum absolute atomic E-state index is 12.0. The van der Waals surface area contributed by atoms with E-state index < -0.39 is 5.97 Å². The van der Waals surface area contributed by atoms with E-state index in [2.05, 4.69) is 20.9 Å². The number of cyclic esters (lactones) is 1. The molecule has 0 N–H and O–H groups in total. The molecule has 2 aromatic rings. The van der Waals surface area contributed by atoms with Crippen molar-refractivity contribution < 1.29 is 9.53 Å². The zero-order valence-corrected chi connectivity index (χ0v) is 14.2. The van der Waals surface area contributed by atoms with Gasteiger partial charge in [0.25, 0.3) is 0 Å². The number of nitrogens with zero attached hydrogens (tertiary/aromatic N) is 1. The van der Waals surface area contributed by atoms with E-state index in [4.69, 9.17) is 16.3 Å². The molecular formula is C18H11BrClNO2. The molecule has 0 aliphatic carbocycles. The van der Waals surface area contributed by atoms with Crippen molar-refractivity contribution in [3.63, 3.8) is 0 Å². The summed E-state index contributed by atoms with van der Waals surface area (Å²) in [6.07, 6.45) is 3.52. The third-order valence-corrected chi connectivity index (χ3v) is 3.89. The van der Waals surface area contributed by atoms with Crippen LogP contribution in [0.2, 0.25) is 5.02 Å². The van der Waals surface area contributed by atoms with Crippen molar-refractivity contribution in [2.45, 2.75) is 0 Å². The third kappa shape index (κ3) is 3.78. The summed E-state index contributed by atoms with van der Waals surface area (Å²) in [6.45, 7) is 0. The van der Waals surface area contributed by atoms with Crippen molar-refractivity contribution in [1.29, 1.82) is 0 Å². The molecule has 23 heavy (non-hydrogen) atoms. The van der Waals surface area contributed by atoms with Crippen LogP contribution in [0.1, 0.15) is 11.1 Å². The van der Waals surface area contributed by atoms with Gasteiger partial charge in [0.15, 0.2) is 5.70 Å². The molecule has 0 fully saturated rings. The molecule has 0 atom stereocenters. The number of halogens is 2. The minimum absolute atomic E-state index is 0.215. The highest BCUT2D eigenvalue weighted by atomic mass is 79.9. The van der Waals surface area contributed by atoms with Crippen molar-refractivity contribution in [3.05, 3.63) is 87.0 Å². The van der Waals surface area contributed by atoms with Crippen LogP contribution in [0.25, 0.3) is 6.08 Å². The number of allylic oxidation sites excluding steroid dienone is 2. The molecule has 2 aromatic carbocycles. The molecule has 0 saturated heterocycles. The molecule has 0 aromatic heterocycles. The maximum atomic E-state index is 12.0. The Kier molecular flexibility index (Phi) is 4.74. The van der Waals surface area contributed by atoms with Gasteiger partial charge in [0.2, 0.25) is 5.90 Å². The molecule has 1 aliphatic rings. The molecule has 0 saturated carbocycles. The second kappa shape index (κ2) is 6.94.